The molecule has 4 nitrogen and oxygen atoms in total. The zero-order chi connectivity index (χ0) is 16.7. The summed E-state index contributed by atoms with van der Waals surface area (Å²) in [4.78, 5) is 4.28. The van der Waals surface area contributed by atoms with Gasteiger partial charge in [0.1, 0.15) is 5.82 Å². The van der Waals surface area contributed by atoms with E-state index in [-0.39, 0.29) is 22.7 Å². The minimum absolute atomic E-state index is 0.0945. The van der Waals surface area contributed by atoms with Crippen LogP contribution in [0.5, 0.6) is 0 Å². The van der Waals surface area contributed by atoms with Gasteiger partial charge in [0.05, 0.1) is 4.90 Å². The van der Waals surface area contributed by atoms with Crippen LogP contribution in [0.2, 0.25) is 0 Å². The zero-order valence-corrected chi connectivity index (χ0v) is 13.5. The first-order valence-electron chi connectivity index (χ1n) is 7.65. The molecule has 1 saturated carbocycles. The molecule has 1 aromatic heterocycles. The number of nitrogens with zero attached hydrogens (tertiary/aromatic N) is 1. The molecule has 122 valence electrons. The minimum atomic E-state index is -3.62. The van der Waals surface area contributed by atoms with Crippen LogP contribution in [0.3, 0.4) is 0 Å². The SMILES string of the molecule is O=S(=O)(N[C@@H]1C[C@H]1c1ccc(F)cc1)c1cccc2cnccc12. The molecule has 1 aliphatic carbocycles. The summed E-state index contributed by atoms with van der Waals surface area (Å²) < 4.78 is 41.2. The van der Waals surface area contributed by atoms with E-state index in [1.807, 2.05) is 6.07 Å². The van der Waals surface area contributed by atoms with Crippen molar-refractivity contribution in [3.05, 3.63) is 72.3 Å². The van der Waals surface area contributed by atoms with Gasteiger partial charge in [0.2, 0.25) is 10.0 Å². The molecule has 2 aromatic carbocycles. The molecule has 4 rings (SSSR count). The quantitative estimate of drug-likeness (QED) is 0.792. The van der Waals surface area contributed by atoms with Gasteiger partial charge in [-0.2, -0.15) is 0 Å². The molecule has 1 N–H and O–H groups in total. The lowest BCUT2D eigenvalue weighted by Gasteiger charge is -2.09. The Morgan fingerprint density at radius 1 is 1.08 bits per heavy atom. The van der Waals surface area contributed by atoms with Crippen LogP contribution in [0.25, 0.3) is 10.8 Å². The molecule has 0 aliphatic heterocycles. The first-order valence-corrected chi connectivity index (χ1v) is 9.13. The van der Waals surface area contributed by atoms with Crippen molar-refractivity contribution in [2.24, 2.45) is 0 Å². The molecule has 0 radical (unpaired) electrons. The van der Waals surface area contributed by atoms with Crippen LogP contribution >= 0.6 is 0 Å². The Balaban J connectivity index is 1.59. The van der Waals surface area contributed by atoms with Crippen molar-refractivity contribution in [1.29, 1.82) is 0 Å². The van der Waals surface area contributed by atoms with Crippen LogP contribution in [-0.4, -0.2) is 19.4 Å². The maximum atomic E-state index is 13.0. The Kier molecular flexibility index (Phi) is 3.58. The second-order valence-electron chi connectivity index (χ2n) is 5.97. The van der Waals surface area contributed by atoms with E-state index in [1.165, 1.54) is 12.1 Å². The van der Waals surface area contributed by atoms with Gasteiger partial charge in [-0.25, -0.2) is 17.5 Å². The van der Waals surface area contributed by atoms with Gasteiger partial charge in [0.25, 0.3) is 0 Å². The molecular weight excluding hydrogens is 327 g/mol. The van der Waals surface area contributed by atoms with Gasteiger partial charge < -0.3 is 0 Å². The van der Waals surface area contributed by atoms with Crippen LogP contribution < -0.4 is 4.72 Å². The molecule has 0 amide bonds. The standard InChI is InChI=1S/C18H15FN2O2S/c19-14-6-4-12(5-7-14)16-10-17(16)21-24(22,23)18-3-1-2-13-11-20-9-8-15(13)18/h1-9,11,16-17,21H,10H2/t16-,17+/m0/s1. The van der Waals surface area contributed by atoms with Gasteiger partial charge >= 0.3 is 0 Å². The summed E-state index contributed by atoms with van der Waals surface area (Å²) in [5, 5.41) is 1.44. The minimum Gasteiger partial charge on any atom is -0.264 e. The number of hydrogen-bond acceptors (Lipinski definition) is 3. The number of aromatic nitrogens is 1. The molecule has 2 atom stereocenters. The summed E-state index contributed by atoms with van der Waals surface area (Å²) in [6.07, 6.45) is 3.95. The van der Waals surface area contributed by atoms with E-state index in [0.717, 1.165) is 17.4 Å². The molecule has 24 heavy (non-hydrogen) atoms. The Morgan fingerprint density at radius 3 is 2.67 bits per heavy atom. The fraction of sp³-hybridized carbons (Fsp3) is 0.167. The third-order valence-corrected chi connectivity index (χ3v) is 5.87. The summed E-state index contributed by atoms with van der Waals surface area (Å²) >= 11 is 0. The van der Waals surface area contributed by atoms with E-state index >= 15 is 0 Å². The van der Waals surface area contributed by atoms with E-state index in [2.05, 4.69) is 9.71 Å². The molecule has 1 heterocycles. The highest BCUT2D eigenvalue weighted by Gasteiger charge is 2.41. The second-order valence-corrected chi connectivity index (χ2v) is 7.66. The Bertz CT molecular complexity index is 998. The summed E-state index contributed by atoms with van der Waals surface area (Å²) in [6, 6.07) is 12.9. The zero-order valence-electron chi connectivity index (χ0n) is 12.7. The van der Waals surface area contributed by atoms with Crippen molar-refractivity contribution in [2.75, 3.05) is 0 Å². The van der Waals surface area contributed by atoms with Crippen molar-refractivity contribution >= 4 is 20.8 Å². The van der Waals surface area contributed by atoms with Crippen LogP contribution in [-0.2, 0) is 10.0 Å². The molecule has 0 bridgehead atoms. The number of pyridine rings is 1. The molecule has 1 fully saturated rings. The van der Waals surface area contributed by atoms with Gasteiger partial charge in [-0.3, -0.25) is 4.98 Å². The highest BCUT2D eigenvalue weighted by atomic mass is 32.2. The third kappa shape index (κ3) is 2.79. The average molecular weight is 342 g/mol. The van der Waals surface area contributed by atoms with Crippen molar-refractivity contribution in [3.8, 4) is 0 Å². The highest BCUT2D eigenvalue weighted by Crippen LogP contribution is 2.41. The molecule has 1 aliphatic rings. The maximum absolute atomic E-state index is 13.0. The topological polar surface area (TPSA) is 59.1 Å². The normalized spacial score (nSPS) is 20.2. The van der Waals surface area contributed by atoms with Crippen LogP contribution in [0.15, 0.2) is 65.8 Å². The van der Waals surface area contributed by atoms with Crippen LogP contribution in [0.1, 0.15) is 17.9 Å². The van der Waals surface area contributed by atoms with E-state index < -0.39 is 10.0 Å². The molecule has 0 unspecified atom stereocenters. The van der Waals surface area contributed by atoms with Gasteiger partial charge in [0, 0.05) is 35.1 Å². The van der Waals surface area contributed by atoms with Gasteiger partial charge in [-0.1, -0.05) is 24.3 Å². The van der Waals surface area contributed by atoms with Gasteiger partial charge in [-0.15, -0.1) is 0 Å². The second kappa shape index (κ2) is 5.65. The van der Waals surface area contributed by atoms with E-state index in [4.69, 9.17) is 0 Å². The molecule has 6 heteroatoms. The van der Waals surface area contributed by atoms with Crippen molar-refractivity contribution in [2.45, 2.75) is 23.3 Å². The lowest BCUT2D eigenvalue weighted by atomic mass is 10.1. The van der Waals surface area contributed by atoms with Crippen LogP contribution in [0.4, 0.5) is 4.39 Å². The van der Waals surface area contributed by atoms with Crippen LogP contribution in [0, 0.1) is 5.82 Å². The highest BCUT2D eigenvalue weighted by molar-refractivity contribution is 7.89. The Labute approximate surface area is 139 Å². The van der Waals surface area contributed by atoms with E-state index in [1.54, 1.807) is 42.7 Å². The summed E-state index contributed by atoms with van der Waals surface area (Å²) in [5.41, 5.74) is 0.950. The third-order valence-electron chi connectivity index (χ3n) is 4.33. The number of nitrogens with one attached hydrogen (secondary N) is 1. The number of hydrogen-bond donors (Lipinski definition) is 1. The number of benzene rings is 2. The lowest BCUT2D eigenvalue weighted by molar-refractivity contribution is 0.581. The summed E-state index contributed by atoms with van der Waals surface area (Å²) in [5.74, 6) is -0.196. The Hall–Kier alpha value is -2.31. The van der Waals surface area contributed by atoms with Crippen molar-refractivity contribution < 1.29 is 12.8 Å². The number of rotatable bonds is 4. The van der Waals surface area contributed by atoms with Crippen molar-refractivity contribution in [3.63, 3.8) is 0 Å². The molecule has 0 spiro atoms. The first-order chi connectivity index (χ1) is 11.5. The van der Waals surface area contributed by atoms with E-state index in [9.17, 15) is 12.8 Å². The summed E-state index contributed by atoms with van der Waals surface area (Å²) in [7, 11) is -3.62. The summed E-state index contributed by atoms with van der Waals surface area (Å²) in [6.45, 7) is 0. The first kappa shape index (κ1) is 15.2. The predicted octanol–water partition coefficient (Wildman–Crippen LogP) is 3.21. The fourth-order valence-electron chi connectivity index (χ4n) is 2.99. The Morgan fingerprint density at radius 2 is 1.88 bits per heavy atom. The molecule has 0 saturated heterocycles. The molecular formula is C18H15FN2O2S. The fourth-order valence-corrected chi connectivity index (χ4v) is 4.51. The largest absolute Gasteiger partial charge is 0.264 e. The number of fused-ring (bicyclic) bond motifs is 1. The van der Waals surface area contributed by atoms with Crippen molar-refractivity contribution in [1.82, 2.24) is 9.71 Å². The monoisotopic (exact) mass is 342 g/mol. The lowest BCUT2D eigenvalue weighted by Crippen LogP contribution is -2.27. The number of halogens is 1. The average Bonchev–Trinajstić information content (AvgIpc) is 3.33. The maximum Gasteiger partial charge on any atom is 0.241 e. The number of sulfonamides is 1. The smallest absolute Gasteiger partial charge is 0.241 e. The van der Waals surface area contributed by atoms with Gasteiger partial charge in [-0.05, 0) is 36.2 Å². The molecule has 3 aromatic rings. The van der Waals surface area contributed by atoms with E-state index in [0.29, 0.717) is 5.39 Å². The predicted molar refractivity (Wildman–Crippen MR) is 89.6 cm³/mol. The van der Waals surface area contributed by atoms with Gasteiger partial charge in [0.15, 0.2) is 0 Å².